The Morgan fingerprint density at radius 1 is 1.44 bits per heavy atom. The van der Waals surface area contributed by atoms with Gasteiger partial charge >= 0.3 is 0 Å². The Bertz CT molecular complexity index is 462. The number of anilines is 1. The summed E-state index contributed by atoms with van der Waals surface area (Å²) in [5, 5.41) is 0. The number of benzene rings is 1. The maximum absolute atomic E-state index is 11.6. The van der Waals surface area contributed by atoms with E-state index in [1.807, 2.05) is 19.1 Å². The highest BCUT2D eigenvalue weighted by atomic mass is 127. The summed E-state index contributed by atoms with van der Waals surface area (Å²) >= 11 is 7.64. The van der Waals surface area contributed by atoms with E-state index in [1.165, 1.54) is 0 Å². The smallest absolute Gasteiger partial charge is 0.232 e. The van der Waals surface area contributed by atoms with Gasteiger partial charge in [0.05, 0.1) is 5.75 Å². The molecule has 0 spiro atoms. The standard InChI is InChI=1S/C10H13ClINO2S/c1-8-3-4-9(7-10(8)12)13-16(14,15)6-2-5-11/h3-4,7,13H,2,5-6H2,1H3. The summed E-state index contributed by atoms with van der Waals surface area (Å²) < 4.78 is 26.7. The number of hydrogen-bond donors (Lipinski definition) is 1. The van der Waals surface area contributed by atoms with Gasteiger partial charge in [0.25, 0.3) is 0 Å². The van der Waals surface area contributed by atoms with Gasteiger partial charge in [-0.25, -0.2) is 8.42 Å². The minimum Gasteiger partial charge on any atom is -0.284 e. The summed E-state index contributed by atoms with van der Waals surface area (Å²) in [6, 6.07) is 5.46. The van der Waals surface area contributed by atoms with Crippen LogP contribution < -0.4 is 4.72 Å². The molecule has 90 valence electrons. The average Bonchev–Trinajstić information content (AvgIpc) is 2.20. The maximum atomic E-state index is 11.6. The number of sulfonamides is 1. The second-order valence-electron chi connectivity index (χ2n) is 3.43. The Kier molecular flexibility index (Phi) is 5.33. The van der Waals surface area contributed by atoms with E-state index in [0.717, 1.165) is 9.13 Å². The second-order valence-corrected chi connectivity index (χ2v) is 6.81. The van der Waals surface area contributed by atoms with Gasteiger partial charge in [0.2, 0.25) is 10.0 Å². The molecule has 16 heavy (non-hydrogen) atoms. The van der Waals surface area contributed by atoms with Gasteiger partial charge in [-0.05, 0) is 53.6 Å². The molecule has 0 aliphatic rings. The highest BCUT2D eigenvalue weighted by Gasteiger charge is 2.10. The summed E-state index contributed by atoms with van der Waals surface area (Å²) in [5.41, 5.74) is 1.73. The summed E-state index contributed by atoms with van der Waals surface area (Å²) in [7, 11) is -3.26. The number of hydrogen-bond acceptors (Lipinski definition) is 2. The number of nitrogens with one attached hydrogen (secondary N) is 1. The van der Waals surface area contributed by atoms with Gasteiger partial charge in [0, 0.05) is 15.1 Å². The molecule has 6 heteroatoms. The van der Waals surface area contributed by atoms with Crippen LogP contribution in [0.1, 0.15) is 12.0 Å². The van der Waals surface area contributed by atoms with Gasteiger partial charge in [-0.3, -0.25) is 4.72 Å². The van der Waals surface area contributed by atoms with Crippen LogP contribution >= 0.6 is 34.2 Å². The highest BCUT2D eigenvalue weighted by Crippen LogP contribution is 2.18. The zero-order valence-electron chi connectivity index (χ0n) is 8.83. The van der Waals surface area contributed by atoms with Crippen molar-refractivity contribution in [2.45, 2.75) is 13.3 Å². The third kappa shape index (κ3) is 4.47. The van der Waals surface area contributed by atoms with Crippen LogP contribution in [0.3, 0.4) is 0 Å². The second kappa shape index (κ2) is 6.07. The van der Waals surface area contributed by atoms with Crippen molar-refractivity contribution in [3.63, 3.8) is 0 Å². The van der Waals surface area contributed by atoms with Gasteiger partial charge in [0.1, 0.15) is 0 Å². The first-order chi connectivity index (χ1) is 7.44. The van der Waals surface area contributed by atoms with E-state index >= 15 is 0 Å². The van der Waals surface area contributed by atoms with Crippen LogP contribution in [0.4, 0.5) is 5.69 Å². The molecule has 1 aromatic rings. The summed E-state index contributed by atoms with van der Waals surface area (Å²) in [6.07, 6.45) is 0.458. The van der Waals surface area contributed by atoms with Crippen LogP contribution in [0.2, 0.25) is 0 Å². The van der Waals surface area contributed by atoms with Gasteiger partial charge in [0.15, 0.2) is 0 Å². The zero-order valence-corrected chi connectivity index (χ0v) is 12.6. The first kappa shape index (κ1) is 14.1. The quantitative estimate of drug-likeness (QED) is 0.637. The van der Waals surface area contributed by atoms with Crippen LogP contribution in [-0.4, -0.2) is 20.1 Å². The normalized spacial score (nSPS) is 11.4. The molecule has 0 aromatic heterocycles. The first-order valence-electron chi connectivity index (χ1n) is 4.77. The minimum atomic E-state index is -3.26. The number of aryl methyl sites for hydroxylation is 1. The molecule has 0 heterocycles. The third-order valence-electron chi connectivity index (χ3n) is 1.99. The van der Waals surface area contributed by atoms with Gasteiger partial charge in [-0.1, -0.05) is 6.07 Å². The van der Waals surface area contributed by atoms with Gasteiger partial charge in [-0.2, -0.15) is 0 Å². The van der Waals surface area contributed by atoms with Crippen molar-refractivity contribution in [1.29, 1.82) is 0 Å². The van der Waals surface area contributed by atoms with E-state index in [0.29, 0.717) is 18.0 Å². The number of alkyl halides is 1. The molecule has 1 aromatic carbocycles. The van der Waals surface area contributed by atoms with Crippen LogP contribution in [-0.2, 0) is 10.0 Å². The van der Waals surface area contributed by atoms with Crippen molar-refractivity contribution in [3.8, 4) is 0 Å². The Morgan fingerprint density at radius 3 is 2.69 bits per heavy atom. The molecule has 0 amide bonds. The fourth-order valence-corrected chi connectivity index (χ4v) is 3.05. The predicted octanol–water partition coefficient (Wildman–Crippen LogP) is 2.97. The van der Waals surface area contributed by atoms with Crippen molar-refractivity contribution in [2.24, 2.45) is 0 Å². The monoisotopic (exact) mass is 373 g/mol. The van der Waals surface area contributed by atoms with Crippen molar-refractivity contribution >= 4 is 49.9 Å². The average molecular weight is 374 g/mol. The Morgan fingerprint density at radius 2 is 2.12 bits per heavy atom. The topological polar surface area (TPSA) is 46.2 Å². The van der Waals surface area contributed by atoms with Crippen LogP contribution in [0.25, 0.3) is 0 Å². The molecule has 3 nitrogen and oxygen atoms in total. The van der Waals surface area contributed by atoms with E-state index in [-0.39, 0.29) is 5.75 Å². The molecular weight excluding hydrogens is 361 g/mol. The van der Waals surface area contributed by atoms with Crippen LogP contribution in [0, 0.1) is 10.5 Å². The van der Waals surface area contributed by atoms with E-state index in [4.69, 9.17) is 11.6 Å². The van der Waals surface area contributed by atoms with E-state index < -0.39 is 10.0 Å². The lowest BCUT2D eigenvalue weighted by Crippen LogP contribution is -2.17. The third-order valence-corrected chi connectivity index (χ3v) is 4.79. The molecule has 0 unspecified atom stereocenters. The zero-order chi connectivity index (χ0) is 12.2. The molecular formula is C10H13ClINO2S. The van der Waals surface area contributed by atoms with E-state index in [1.54, 1.807) is 6.07 Å². The lowest BCUT2D eigenvalue weighted by atomic mass is 10.2. The van der Waals surface area contributed by atoms with Crippen molar-refractivity contribution in [3.05, 3.63) is 27.3 Å². The maximum Gasteiger partial charge on any atom is 0.232 e. The minimum absolute atomic E-state index is 0.0565. The Balaban J connectivity index is 2.76. The molecule has 0 fully saturated rings. The summed E-state index contributed by atoms with van der Waals surface area (Å²) in [5.74, 6) is 0.410. The first-order valence-corrected chi connectivity index (χ1v) is 8.04. The van der Waals surface area contributed by atoms with Crippen LogP contribution in [0.5, 0.6) is 0 Å². The number of rotatable bonds is 5. The Labute approximate surface area is 115 Å². The Hall–Kier alpha value is -0.0100. The molecule has 0 aliphatic carbocycles. The molecule has 1 rings (SSSR count). The molecule has 0 bridgehead atoms. The summed E-state index contributed by atoms with van der Waals surface area (Å²) in [6.45, 7) is 1.98. The molecule has 0 aliphatic heterocycles. The van der Waals surface area contributed by atoms with Crippen LogP contribution in [0.15, 0.2) is 18.2 Å². The predicted molar refractivity (Wildman–Crippen MR) is 76.6 cm³/mol. The SMILES string of the molecule is Cc1ccc(NS(=O)(=O)CCCCl)cc1I. The van der Waals surface area contributed by atoms with Crippen molar-refractivity contribution in [2.75, 3.05) is 16.4 Å². The van der Waals surface area contributed by atoms with Gasteiger partial charge < -0.3 is 0 Å². The molecule has 0 radical (unpaired) electrons. The molecule has 0 atom stereocenters. The van der Waals surface area contributed by atoms with Crippen molar-refractivity contribution in [1.82, 2.24) is 0 Å². The molecule has 0 saturated carbocycles. The van der Waals surface area contributed by atoms with Crippen molar-refractivity contribution < 1.29 is 8.42 Å². The van der Waals surface area contributed by atoms with E-state index in [9.17, 15) is 8.42 Å². The van der Waals surface area contributed by atoms with Gasteiger partial charge in [-0.15, -0.1) is 11.6 Å². The summed E-state index contributed by atoms with van der Waals surface area (Å²) in [4.78, 5) is 0. The fourth-order valence-electron chi connectivity index (χ4n) is 1.13. The highest BCUT2D eigenvalue weighted by molar-refractivity contribution is 14.1. The lowest BCUT2D eigenvalue weighted by Gasteiger charge is -2.08. The largest absolute Gasteiger partial charge is 0.284 e. The number of halogens is 2. The molecule has 0 saturated heterocycles. The fraction of sp³-hybridized carbons (Fsp3) is 0.400. The van der Waals surface area contributed by atoms with E-state index in [2.05, 4.69) is 27.3 Å². The lowest BCUT2D eigenvalue weighted by molar-refractivity contribution is 0.600. The molecule has 1 N–H and O–H groups in total.